The molecule has 0 heterocycles. The number of hydrogen-bond acceptors (Lipinski definition) is 5. The number of ether oxygens (including phenoxy) is 1. The molecular formula is C17H13FN2O5. The van der Waals surface area contributed by atoms with Crippen LogP contribution in [0, 0.1) is 15.9 Å². The highest BCUT2D eigenvalue weighted by Gasteiger charge is 2.12. The zero-order chi connectivity index (χ0) is 18.4. The molecule has 0 aliphatic heterocycles. The maximum atomic E-state index is 13.6. The molecule has 2 rings (SSSR count). The first kappa shape index (κ1) is 17.8. The summed E-state index contributed by atoms with van der Waals surface area (Å²) in [5.41, 5.74) is 0.369. The molecule has 2 aromatic carbocycles. The van der Waals surface area contributed by atoms with Crippen molar-refractivity contribution < 1.29 is 23.6 Å². The Morgan fingerprint density at radius 3 is 2.48 bits per heavy atom. The van der Waals surface area contributed by atoms with Gasteiger partial charge in [-0.05, 0) is 29.8 Å². The Hall–Kier alpha value is -3.55. The minimum Gasteiger partial charge on any atom is -0.465 e. The summed E-state index contributed by atoms with van der Waals surface area (Å²) in [6, 6.07) is 9.11. The number of amides is 1. The van der Waals surface area contributed by atoms with E-state index in [1.54, 1.807) is 12.1 Å². The van der Waals surface area contributed by atoms with Crippen molar-refractivity contribution in [3.05, 3.63) is 75.6 Å². The fourth-order valence-electron chi connectivity index (χ4n) is 1.92. The monoisotopic (exact) mass is 344 g/mol. The molecule has 0 fully saturated rings. The normalized spacial score (nSPS) is 10.5. The van der Waals surface area contributed by atoms with Crippen LogP contribution in [0.25, 0.3) is 6.08 Å². The van der Waals surface area contributed by atoms with Crippen molar-refractivity contribution in [1.29, 1.82) is 0 Å². The number of anilines is 1. The lowest BCUT2D eigenvalue weighted by Gasteiger charge is -2.03. The number of esters is 1. The standard InChI is InChI=1S/C17H13FN2O5/c1-25-17(22)12-5-2-11(3-6-12)4-9-16(21)19-15-10-13(20(23)24)7-8-14(15)18/h2-10H,1H3,(H,19,21)/b9-4+. The molecule has 8 heteroatoms. The third-order valence-electron chi connectivity index (χ3n) is 3.18. The lowest BCUT2D eigenvalue weighted by molar-refractivity contribution is -0.384. The molecule has 2 aromatic rings. The minimum atomic E-state index is -0.783. The second-order valence-electron chi connectivity index (χ2n) is 4.86. The second-order valence-corrected chi connectivity index (χ2v) is 4.86. The summed E-state index contributed by atoms with van der Waals surface area (Å²) in [6.45, 7) is 0. The van der Waals surface area contributed by atoms with Crippen molar-refractivity contribution in [2.45, 2.75) is 0 Å². The Morgan fingerprint density at radius 1 is 1.20 bits per heavy atom. The van der Waals surface area contributed by atoms with Gasteiger partial charge in [0.05, 0.1) is 23.3 Å². The highest BCUT2D eigenvalue weighted by atomic mass is 19.1. The molecule has 1 amide bonds. The first-order chi connectivity index (χ1) is 11.9. The van der Waals surface area contributed by atoms with Gasteiger partial charge in [0.1, 0.15) is 5.82 Å². The molecule has 0 bridgehead atoms. The quantitative estimate of drug-likeness (QED) is 0.389. The highest BCUT2D eigenvalue weighted by molar-refractivity contribution is 6.02. The largest absolute Gasteiger partial charge is 0.465 e. The smallest absolute Gasteiger partial charge is 0.337 e. The number of halogens is 1. The number of nitrogens with one attached hydrogen (secondary N) is 1. The zero-order valence-electron chi connectivity index (χ0n) is 13.1. The minimum absolute atomic E-state index is 0.287. The van der Waals surface area contributed by atoms with Crippen molar-refractivity contribution in [1.82, 2.24) is 0 Å². The molecule has 1 N–H and O–H groups in total. The predicted octanol–water partition coefficient (Wildman–Crippen LogP) is 3.17. The van der Waals surface area contributed by atoms with Crippen LogP contribution in [0.2, 0.25) is 0 Å². The Bertz CT molecular complexity index is 847. The Kier molecular flexibility index (Phi) is 5.57. The summed E-state index contributed by atoms with van der Waals surface area (Å²) < 4.78 is 18.2. The number of hydrogen-bond donors (Lipinski definition) is 1. The fraction of sp³-hybridized carbons (Fsp3) is 0.0588. The molecule has 0 aliphatic carbocycles. The molecule has 7 nitrogen and oxygen atoms in total. The Labute approximate surface area is 141 Å². The number of non-ortho nitro benzene ring substituents is 1. The Balaban J connectivity index is 2.07. The van der Waals surface area contributed by atoms with Crippen LogP contribution >= 0.6 is 0 Å². The SMILES string of the molecule is COC(=O)c1ccc(/C=C/C(=O)Nc2cc([N+](=O)[O-])ccc2F)cc1. The van der Waals surface area contributed by atoms with E-state index in [0.717, 1.165) is 24.3 Å². The molecular weight excluding hydrogens is 331 g/mol. The zero-order valence-corrected chi connectivity index (χ0v) is 13.1. The first-order valence-electron chi connectivity index (χ1n) is 7.02. The molecule has 0 aliphatic rings. The topological polar surface area (TPSA) is 98.5 Å². The van der Waals surface area contributed by atoms with E-state index in [4.69, 9.17) is 0 Å². The molecule has 0 radical (unpaired) electrons. The van der Waals surface area contributed by atoms with Gasteiger partial charge in [-0.2, -0.15) is 0 Å². The lowest BCUT2D eigenvalue weighted by Crippen LogP contribution is -2.09. The first-order valence-corrected chi connectivity index (χ1v) is 7.02. The van der Waals surface area contributed by atoms with E-state index in [-0.39, 0.29) is 11.4 Å². The van der Waals surface area contributed by atoms with Gasteiger partial charge < -0.3 is 10.1 Å². The van der Waals surface area contributed by atoms with Crippen LogP contribution in [0.5, 0.6) is 0 Å². The van der Waals surface area contributed by atoms with Crippen molar-refractivity contribution in [3.8, 4) is 0 Å². The number of carbonyl (C=O) groups is 2. The molecule has 0 spiro atoms. The van der Waals surface area contributed by atoms with Gasteiger partial charge in [-0.25, -0.2) is 9.18 Å². The van der Waals surface area contributed by atoms with Crippen molar-refractivity contribution in [2.75, 3.05) is 12.4 Å². The second kappa shape index (κ2) is 7.82. The van der Waals surface area contributed by atoms with E-state index in [9.17, 15) is 24.1 Å². The van der Waals surface area contributed by atoms with Crippen LogP contribution in [-0.4, -0.2) is 23.9 Å². The van der Waals surface area contributed by atoms with Gasteiger partial charge in [-0.1, -0.05) is 12.1 Å². The fourth-order valence-corrected chi connectivity index (χ4v) is 1.92. The van der Waals surface area contributed by atoms with E-state index in [0.29, 0.717) is 11.1 Å². The molecule has 0 saturated heterocycles. The van der Waals surface area contributed by atoms with Crippen molar-refractivity contribution in [2.24, 2.45) is 0 Å². The molecule has 128 valence electrons. The van der Waals surface area contributed by atoms with E-state index < -0.39 is 22.6 Å². The summed E-state index contributed by atoms with van der Waals surface area (Å²) in [5.74, 6) is -1.92. The number of nitro groups is 1. The van der Waals surface area contributed by atoms with Gasteiger partial charge in [0.2, 0.25) is 5.91 Å². The van der Waals surface area contributed by atoms with Crippen LogP contribution in [0.15, 0.2) is 48.5 Å². The van der Waals surface area contributed by atoms with E-state index in [1.807, 2.05) is 0 Å². The summed E-state index contributed by atoms with van der Waals surface area (Å²) in [4.78, 5) is 33.1. The van der Waals surface area contributed by atoms with Gasteiger partial charge in [-0.3, -0.25) is 14.9 Å². The average molecular weight is 344 g/mol. The van der Waals surface area contributed by atoms with Crippen LogP contribution in [0.4, 0.5) is 15.8 Å². The van der Waals surface area contributed by atoms with Crippen LogP contribution < -0.4 is 5.32 Å². The molecule has 0 aromatic heterocycles. The Morgan fingerprint density at radius 2 is 1.88 bits per heavy atom. The lowest BCUT2D eigenvalue weighted by atomic mass is 10.1. The van der Waals surface area contributed by atoms with Gasteiger partial charge in [0.25, 0.3) is 5.69 Å². The number of nitro benzene ring substituents is 1. The van der Waals surface area contributed by atoms with Crippen LogP contribution in [0.1, 0.15) is 15.9 Å². The number of benzene rings is 2. The maximum Gasteiger partial charge on any atom is 0.337 e. The predicted molar refractivity (Wildman–Crippen MR) is 88.5 cm³/mol. The van der Waals surface area contributed by atoms with Crippen LogP contribution in [-0.2, 0) is 9.53 Å². The van der Waals surface area contributed by atoms with Crippen molar-refractivity contribution >= 4 is 29.3 Å². The molecule has 25 heavy (non-hydrogen) atoms. The van der Waals surface area contributed by atoms with Gasteiger partial charge in [-0.15, -0.1) is 0 Å². The number of carbonyl (C=O) groups excluding carboxylic acids is 2. The number of methoxy groups -OCH3 is 1. The van der Waals surface area contributed by atoms with Crippen LogP contribution in [0.3, 0.4) is 0 Å². The van der Waals surface area contributed by atoms with Gasteiger partial charge >= 0.3 is 5.97 Å². The third-order valence-corrected chi connectivity index (χ3v) is 3.18. The van der Waals surface area contributed by atoms with E-state index >= 15 is 0 Å². The van der Waals surface area contributed by atoms with Gasteiger partial charge in [0, 0.05) is 18.2 Å². The molecule has 0 saturated carbocycles. The van der Waals surface area contributed by atoms with Crippen molar-refractivity contribution in [3.63, 3.8) is 0 Å². The summed E-state index contributed by atoms with van der Waals surface area (Å²) in [5, 5.41) is 12.9. The maximum absolute atomic E-state index is 13.6. The summed E-state index contributed by atoms with van der Waals surface area (Å²) in [6.07, 6.45) is 2.59. The molecule has 0 atom stereocenters. The highest BCUT2D eigenvalue weighted by Crippen LogP contribution is 2.21. The third kappa shape index (κ3) is 4.71. The molecule has 0 unspecified atom stereocenters. The summed E-state index contributed by atoms with van der Waals surface area (Å²) >= 11 is 0. The van der Waals surface area contributed by atoms with E-state index in [2.05, 4.69) is 10.1 Å². The summed E-state index contributed by atoms with van der Waals surface area (Å²) in [7, 11) is 1.27. The van der Waals surface area contributed by atoms with Gasteiger partial charge in [0.15, 0.2) is 0 Å². The van der Waals surface area contributed by atoms with E-state index in [1.165, 1.54) is 25.3 Å². The number of rotatable bonds is 5. The average Bonchev–Trinajstić information content (AvgIpc) is 2.61. The number of nitrogens with zero attached hydrogens (tertiary/aromatic N) is 1.